The first-order chi connectivity index (χ1) is 6.26. The van der Waals surface area contributed by atoms with Crippen LogP contribution in [0.5, 0.6) is 0 Å². The van der Waals surface area contributed by atoms with Crippen molar-refractivity contribution in [3.8, 4) is 0 Å². The van der Waals surface area contributed by atoms with Crippen LogP contribution in [-0.4, -0.2) is 34.5 Å². The first-order valence-corrected chi connectivity index (χ1v) is 4.18. The fraction of sp³-hybridized carbons (Fsp3) is 0.444. The van der Waals surface area contributed by atoms with E-state index in [1.54, 1.807) is 6.07 Å². The summed E-state index contributed by atoms with van der Waals surface area (Å²) in [4.78, 5) is 4.18. The third-order valence-corrected chi connectivity index (χ3v) is 1.68. The van der Waals surface area contributed by atoms with Crippen LogP contribution in [-0.2, 0) is 0 Å². The van der Waals surface area contributed by atoms with E-state index in [-0.39, 0.29) is 19.3 Å². The predicted molar refractivity (Wildman–Crippen MR) is 50.6 cm³/mol. The van der Waals surface area contributed by atoms with Gasteiger partial charge in [-0.2, -0.15) is 0 Å². The van der Waals surface area contributed by atoms with E-state index in [9.17, 15) is 0 Å². The summed E-state index contributed by atoms with van der Waals surface area (Å²) in [6.45, 7) is 1.68. The lowest BCUT2D eigenvalue weighted by Crippen LogP contribution is -2.28. The number of pyridine rings is 1. The summed E-state index contributed by atoms with van der Waals surface area (Å²) in [6.07, 6.45) is 0. The summed E-state index contributed by atoms with van der Waals surface area (Å²) in [7, 11) is 0. The molecule has 4 heteroatoms. The number of aryl methyl sites for hydroxylation is 1. The number of rotatable bonds is 4. The molecule has 3 N–H and O–H groups in total. The molecule has 0 aliphatic carbocycles. The van der Waals surface area contributed by atoms with Gasteiger partial charge in [-0.25, -0.2) is 4.98 Å². The average molecular weight is 182 g/mol. The first kappa shape index (κ1) is 9.95. The van der Waals surface area contributed by atoms with Gasteiger partial charge in [0.25, 0.3) is 0 Å². The highest BCUT2D eigenvalue weighted by molar-refractivity contribution is 5.36. The van der Waals surface area contributed by atoms with Gasteiger partial charge in [-0.15, -0.1) is 0 Å². The van der Waals surface area contributed by atoms with E-state index in [2.05, 4.69) is 10.3 Å². The molecule has 72 valence electrons. The van der Waals surface area contributed by atoms with Crippen molar-refractivity contribution >= 4 is 5.82 Å². The van der Waals surface area contributed by atoms with Crippen LogP contribution >= 0.6 is 0 Å². The molecule has 0 radical (unpaired) electrons. The van der Waals surface area contributed by atoms with Gasteiger partial charge in [0.2, 0.25) is 0 Å². The van der Waals surface area contributed by atoms with E-state index in [0.717, 1.165) is 5.69 Å². The van der Waals surface area contributed by atoms with Crippen LogP contribution in [0.15, 0.2) is 18.2 Å². The minimum atomic E-state index is -0.339. The highest BCUT2D eigenvalue weighted by atomic mass is 16.3. The van der Waals surface area contributed by atoms with Crippen molar-refractivity contribution in [2.75, 3.05) is 18.5 Å². The molecule has 0 atom stereocenters. The quantitative estimate of drug-likeness (QED) is 0.620. The van der Waals surface area contributed by atoms with Crippen LogP contribution in [0.1, 0.15) is 5.69 Å². The summed E-state index contributed by atoms with van der Waals surface area (Å²) in [5.74, 6) is 0.674. The Balaban J connectivity index is 2.62. The number of hydrogen-bond donors (Lipinski definition) is 3. The number of nitrogens with zero attached hydrogens (tertiary/aromatic N) is 1. The summed E-state index contributed by atoms with van der Waals surface area (Å²) >= 11 is 0. The van der Waals surface area contributed by atoms with Gasteiger partial charge in [-0.1, -0.05) is 6.07 Å². The number of aliphatic hydroxyl groups is 2. The van der Waals surface area contributed by atoms with Gasteiger partial charge in [0.1, 0.15) is 5.82 Å². The molecule has 0 aromatic carbocycles. The lowest BCUT2D eigenvalue weighted by atomic mass is 10.3. The highest BCUT2D eigenvalue weighted by Gasteiger charge is 2.05. The summed E-state index contributed by atoms with van der Waals surface area (Å²) in [5.41, 5.74) is 0.902. The standard InChI is InChI=1S/C9H14N2O2/c1-7-3-2-4-9(10-7)11-8(5-12)6-13/h2-4,8,12-13H,5-6H2,1H3,(H,10,11). The van der Waals surface area contributed by atoms with E-state index >= 15 is 0 Å². The molecule has 0 amide bonds. The van der Waals surface area contributed by atoms with E-state index in [0.29, 0.717) is 5.82 Å². The number of aromatic nitrogens is 1. The maximum atomic E-state index is 8.81. The molecule has 1 rings (SSSR count). The van der Waals surface area contributed by atoms with Gasteiger partial charge >= 0.3 is 0 Å². The zero-order valence-electron chi connectivity index (χ0n) is 7.57. The van der Waals surface area contributed by atoms with Crippen LogP contribution in [0.3, 0.4) is 0 Å². The van der Waals surface area contributed by atoms with Crippen LogP contribution in [0, 0.1) is 6.92 Å². The molecule has 0 unspecified atom stereocenters. The molecule has 0 fully saturated rings. The Bertz CT molecular complexity index is 262. The third-order valence-electron chi connectivity index (χ3n) is 1.68. The topological polar surface area (TPSA) is 65.4 Å². The highest BCUT2D eigenvalue weighted by Crippen LogP contribution is 2.04. The van der Waals surface area contributed by atoms with E-state index in [1.165, 1.54) is 0 Å². The Hall–Kier alpha value is -1.13. The van der Waals surface area contributed by atoms with Crippen molar-refractivity contribution in [1.82, 2.24) is 4.98 Å². The molecule has 1 aromatic rings. The second kappa shape index (κ2) is 4.79. The van der Waals surface area contributed by atoms with Crippen molar-refractivity contribution in [2.45, 2.75) is 13.0 Å². The first-order valence-electron chi connectivity index (χ1n) is 4.18. The maximum Gasteiger partial charge on any atom is 0.126 e. The molecule has 0 saturated carbocycles. The largest absolute Gasteiger partial charge is 0.394 e. The van der Waals surface area contributed by atoms with Crippen molar-refractivity contribution < 1.29 is 10.2 Å². The Morgan fingerprint density at radius 3 is 2.62 bits per heavy atom. The van der Waals surface area contributed by atoms with E-state index in [1.807, 2.05) is 19.1 Å². The van der Waals surface area contributed by atoms with Gasteiger partial charge in [0.15, 0.2) is 0 Å². The number of anilines is 1. The lowest BCUT2D eigenvalue weighted by molar-refractivity contribution is 0.203. The van der Waals surface area contributed by atoms with Crippen molar-refractivity contribution in [2.24, 2.45) is 0 Å². The molecular weight excluding hydrogens is 168 g/mol. The number of hydrogen-bond acceptors (Lipinski definition) is 4. The van der Waals surface area contributed by atoms with Crippen LogP contribution in [0.25, 0.3) is 0 Å². The molecule has 0 spiro atoms. The van der Waals surface area contributed by atoms with Crippen molar-refractivity contribution in [1.29, 1.82) is 0 Å². The number of nitrogens with one attached hydrogen (secondary N) is 1. The van der Waals surface area contributed by atoms with E-state index in [4.69, 9.17) is 10.2 Å². The Kier molecular flexibility index (Phi) is 3.67. The fourth-order valence-electron chi connectivity index (χ4n) is 0.982. The van der Waals surface area contributed by atoms with Gasteiger partial charge in [0.05, 0.1) is 19.3 Å². The molecule has 0 aliphatic rings. The van der Waals surface area contributed by atoms with E-state index < -0.39 is 0 Å². The fourth-order valence-corrected chi connectivity index (χ4v) is 0.982. The Morgan fingerprint density at radius 2 is 2.08 bits per heavy atom. The monoisotopic (exact) mass is 182 g/mol. The van der Waals surface area contributed by atoms with Gasteiger partial charge in [0, 0.05) is 5.69 Å². The predicted octanol–water partition coefficient (Wildman–Crippen LogP) is 0.155. The van der Waals surface area contributed by atoms with Gasteiger partial charge in [-0.05, 0) is 19.1 Å². The molecule has 4 nitrogen and oxygen atoms in total. The SMILES string of the molecule is Cc1cccc(NC(CO)CO)n1. The van der Waals surface area contributed by atoms with Crippen molar-refractivity contribution in [3.63, 3.8) is 0 Å². The molecule has 0 saturated heterocycles. The molecule has 0 bridgehead atoms. The molecular formula is C9H14N2O2. The van der Waals surface area contributed by atoms with Crippen molar-refractivity contribution in [3.05, 3.63) is 23.9 Å². The average Bonchev–Trinajstić information content (AvgIpc) is 2.14. The zero-order valence-corrected chi connectivity index (χ0v) is 7.57. The van der Waals surface area contributed by atoms with Gasteiger partial charge < -0.3 is 15.5 Å². The second-order valence-electron chi connectivity index (χ2n) is 2.87. The Labute approximate surface area is 77.2 Å². The third kappa shape index (κ3) is 3.01. The normalized spacial score (nSPS) is 10.5. The molecule has 1 aromatic heterocycles. The molecule has 0 aliphatic heterocycles. The zero-order chi connectivity index (χ0) is 9.68. The molecule has 1 heterocycles. The molecule has 13 heavy (non-hydrogen) atoms. The number of aliphatic hydroxyl groups excluding tert-OH is 2. The second-order valence-corrected chi connectivity index (χ2v) is 2.87. The lowest BCUT2D eigenvalue weighted by Gasteiger charge is -2.13. The maximum absolute atomic E-state index is 8.81. The minimum absolute atomic E-state index is 0.105. The van der Waals surface area contributed by atoms with Gasteiger partial charge in [-0.3, -0.25) is 0 Å². The van der Waals surface area contributed by atoms with Crippen LogP contribution in [0.2, 0.25) is 0 Å². The summed E-state index contributed by atoms with van der Waals surface area (Å²) < 4.78 is 0. The minimum Gasteiger partial charge on any atom is -0.394 e. The van der Waals surface area contributed by atoms with Crippen LogP contribution < -0.4 is 5.32 Å². The van der Waals surface area contributed by atoms with Crippen LogP contribution in [0.4, 0.5) is 5.82 Å². The smallest absolute Gasteiger partial charge is 0.126 e. The summed E-state index contributed by atoms with van der Waals surface area (Å²) in [5, 5.41) is 20.5. The summed E-state index contributed by atoms with van der Waals surface area (Å²) in [6, 6.07) is 5.22. The Morgan fingerprint density at radius 1 is 1.38 bits per heavy atom.